The van der Waals surface area contributed by atoms with Gasteiger partial charge in [0, 0.05) is 17.7 Å². The highest BCUT2D eigenvalue weighted by atomic mass is 32.2. The van der Waals surface area contributed by atoms with Gasteiger partial charge in [0.15, 0.2) is 0 Å². The van der Waals surface area contributed by atoms with E-state index in [0.717, 1.165) is 13.0 Å². The van der Waals surface area contributed by atoms with Crippen molar-refractivity contribution in [1.82, 2.24) is 0 Å². The second kappa shape index (κ2) is 17.5. The monoisotopic (exact) mass is 481 g/mol. The highest BCUT2D eigenvalue weighted by Gasteiger charge is 2.18. The van der Waals surface area contributed by atoms with Gasteiger partial charge in [0.2, 0.25) is 0 Å². The van der Waals surface area contributed by atoms with Crippen molar-refractivity contribution in [2.24, 2.45) is 0 Å². The van der Waals surface area contributed by atoms with E-state index >= 15 is 0 Å². The lowest BCUT2D eigenvalue weighted by Crippen LogP contribution is -2.40. The van der Waals surface area contributed by atoms with Crippen LogP contribution in [0.5, 0.6) is 0 Å². The summed E-state index contributed by atoms with van der Waals surface area (Å²) in [5.74, 6) is -0.268. The van der Waals surface area contributed by atoms with Gasteiger partial charge < -0.3 is 9.04 Å². The largest absolute Gasteiger partial charge is 0.748 e. The summed E-state index contributed by atoms with van der Waals surface area (Å²) < 4.78 is 33.3. The number of aryl methyl sites for hydroxylation is 1. The Morgan fingerprint density at radius 3 is 1.64 bits per heavy atom. The average molecular weight is 482 g/mol. The van der Waals surface area contributed by atoms with E-state index in [1.54, 1.807) is 0 Å². The first-order valence-corrected chi connectivity index (χ1v) is 15.1. The van der Waals surface area contributed by atoms with Crippen molar-refractivity contribution in [2.45, 2.75) is 116 Å². The Kier molecular flexibility index (Phi) is 16.0. The summed E-state index contributed by atoms with van der Waals surface area (Å²) in [5, 5.41) is 0. The summed E-state index contributed by atoms with van der Waals surface area (Å²) in [6, 6.07) is 8.64. The molecule has 4 nitrogen and oxygen atoms in total. The van der Waals surface area contributed by atoms with Gasteiger partial charge >= 0.3 is 0 Å². The van der Waals surface area contributed by atoms with Gasteiger partial charge in [-0.2, -0.15) is 0 Å². The molecule has 0 heterocycles. The Hall–Kier alpha value is -0.910. The van der Waals surface area contributed by atoms with Crippen LogP contribution in [0.4, 0.5) is 0 Å². The molecule has 0 radical (unpaired) electrons. The second-order valence-corrected chi connectivity index (χ2v) is 12.1. The van der Waals surface area contributed by atoms with E-state index in [-0.39, 0.29) is 5.75 Å². The first-order valence-electron chi connectivity index (χ1n) is 13.6. The number of nitrogens with zero attached hydrogens (tertiary/aromatic N) is 1. The molecule has 0 aliphatic rings. The maximum Gasteiger partial charge on any atom is 0.104 e. The SMILES string of the molecule is CCCCCCCCCCCCCCCCc1ccccc1C[N+](C)(C)CCCS(=O)(=O)[O-]. The molecule has 0 atom stereocenters. The van der Waals surface area contributed by atoms with Crippen molar-refractivity contribution < 1.29 is 17.5 Å². The molecule has 0 saturated heterocycles. The summed E-state index contributed by atoms with van der Waals surface area (Å²) in [6.07, 6.45) is 20.8. The third-order valence-corrected chi connectivity index (χ3v) is 7.46. The lowest BCUT2D eigenvalue weighted by Gasteiger charge is -2.31. The second-order valence-electron chi connectivity index (χ2n) is 10.5. The summed E-state index contributed by atoms with van der Waals surface area (Å²) in [5.41, 5.74) is 2.77. The highest BCUT2D eigenvalue weighted by molar-refractivity contribution is 7.85. The van der Waals surface area contributed by atoms with Crippen molar-refractivity contribution in [1.29, 1.82) is 0 Å². The van der Waals surface area contributed by atoms with Crippen LogP contribution in [0.15, 0.2) is 24.3 Å². The highest BCUT2D eigenvalue weighted by Crippen LogP contribution is 2.19. The number of benzene rings is 1. The summed E-state index contributed by atoms with van der Waals surface area (Å²) in [7, 11) is 0.104. The van der Waals surface area contributed by atoms with Crippen molar-refractivity contribution in [3.8, 4) is 0 Å². The standard InChI is InChI=1S/C28H51NO3S/c1-4-5-6-7-8-9-10-11-12-13-14-15-16-17-21-27-22-18-19-23-28(27)26-29(2,3)24-20-25-33(30,31)32/h18-19,22-23H,4-17,20-21,24-26H2,1-3H3. The Labute approximate surface area is 205 Å². The Morgan fingerprint density at radius 1 is 0.697 bits per heavy atom. The van der Waals surface area contributed by atoms with Crippen LogP contribution in [0.3, 0.4) is 0 Å². The molecule has 0 aliphatic carbocycles. The van der Waals surface area contributed by atoms with E-state index in [1.165, 1.54) is 101 Å². The number of hydrogen-bond donors (Lipinski definition) is 0. The van der Waals surface area contributed by atoms with Crippen LogP contribution in [0.2, 0.25) is 0 Å². The van der Waals surface area contributed by atoms with Crippen molar-refractivity contribution in [3.63, 3.8) is 0 Å². The Bertz CT molecular complexity index is 716. The Balaban J connectivity index is 2.16. The minimum Gasteiger partial charge on any atom is -0.748 e. The zero-order valence-electron chi connectivity index (χ0n) is 21.8. The third-order valence-electron chi connectivity index (χ3n) is 6.67. The molecule has 1 rings (SSSR count). The normalized spacial score (nSPS) is 12.4. The molecular weight excluding hydrogens is 430 g/mol. The number of quaternary nitrogens is 1. The quantitative estimate of drug-likeness (QED) is 0.106. The molecule has 0 amide bonds. The zero-order chi connectivity index (χ0) is 24.4. The molecule has 0 saturated carbocycles. The molecule has 1 aromatic carbocycles. The van der Waals surface area contributed by atoms with E-state index in [0.29, 0.717) is 17.4 Å². The minimum atomic E-state index is -4.12. The van der Waals surface area contributed by atoms with Crippen molar-refractivity contribution in [3.05, 3.63) is 35.4 Å². The van der Waals surface area contributed by atoms with Crippen LogP contribution in [0.25, 0.3) is 0 Å². The molecule has 33 heavy (non-hydrogen) atoms. The molecule has 5 heteroatoms. The van der Waals surface area contributed by atoms with E-state index in [9.17, 15) is 13.0 Å². The van der Waals surface area contributed by atoms with E-state index in [1.807, 2.05) is 0 Å². The molecule has 0 spiro atoms. The fourth-order valence-corrected chi connectivity index (χ4v) is 5.16. The van der Waals surface area contributed by atoms with Crippen molar-refractivity contribution in [2.75, 3.05) is 26.4 Å². The van der Waals surface area contributed by atoms with Crippen molar-refractivity contribution >= 4 is 10.1 Å². The average Bonchev–Trinajstić information content (AvgIpc) is 2.73. The fourth-order valence-electron chi connectivity index (χ4n) is 4.68. The predicted octanol–water partition coefficient (Wildman–Crippen LogP) is 7.22. The maximum atomic E-state index is 10.9. The lowest BCUT2D eigenvalue weighted by atomic mass is 9.99. The summed E-state index contributed by atoms with van der Waals surface area (Å²) >= 11 is 0. The van der Waals surface area contributed by atoms with Gasteiger partial charge in [-0.3, -0.25) is 0 Å². The van der Waals surface area contributed by atoms with Gasteiger partial charge in [-0.25, -0.2) is 8.42 Å². The van der Waals surface area contributed by atoms with Crippen LogP contribution in [-0.2, 0) is 23.1 Å². The van der Waals surface area contributed by atoms with Crippen LogP contribution in [-0.4, -0.2) is 43.8 Å². The smallest absolute Gasteiger partial charge is 0.104 e. The topological polar surface area (TPSA) is 57.2 Å². The van der Waals surface area contributed by atoms with E-state index in [2.05, 4.69) is 45.3 Å². The first-order chi connectivity index (χ1) is 15.7. The summed E-state index contributed by atoms with van der Waals surface area (Å²) in [4.78, 5) is 0. The van der Waals surface area contributed by atoms with Crippen LogP contribution in [0.1, 0.15) is 114 Å². The molecule has 192 valence electrons. The Morgan fingerprint density at radius 2 is 1.15 bits per heavy atom. The molecule has 0 fully saturated rings. The first kappa shape index (κ1) is 30.1. The van der Waals surface area contributed by atoms with Crippen LogP contribution >= 0.6 is 0 Å². The fraction of sp³-hybridized carbons (Fsp3) is 0.786. The number of rotatable bonds is 21. The molecule has 1 aromatic rings. The van der Waals surface area contributed by atoms with E-state index in [4.69, 9.17) is 0 Å². The van der Waals surface area contributed by atoms with Gasteiger partial charge in [0.05, 0.1) is 30.8 Å². The number of hydrogen-bond acceptors (Lipinski definition) is 3. The molecular formula is C28H51NO3S. The third kappa shape index (κ3) is 17.2. The van der Waals surface area contributed by atoms with Gasteiger partial charge in [-0.15, -0.1) is 0 Å². The zero-order valence-corrected chi connectivity index (χ0v) is 22.6. The maximum absolute atomic E-state index is 10.9. The molecule has 0 N–H and O–H groups in total. The van der Waals surface area contributed by atoms with Gasteiger partial charge in [0.25, 0.3) is 0 Å². The molecule has 0 unspecified atom stereocenters. The molecule has 0 bridgehead atoms. The predicted molar refractivity (Wildman–Crippen MR) is 140 cm³/mol. The molecule has 0 aliphatic heterocycles. The number of unbranched alkanes of at least 4 members (excludes halogenated alkanes) is 13. The summed E-state index contributed by atoms with van der Waals surface area (Å²) in [6.45, 7) is 3.84. The lowest BCUT2D eigenvalue weighted by molar-refractivity contribution is -0.903. The minimum absolute atomic E-state index is 0.268. The van der Waals surface area contributed by atoms with Gasteiger partial charge in [0.1, 0.15) is 6.54 Å². The van der Waals surface area contributed by atoms with Gasteiger partial charge in [-0.05, 0) is 18.4 Å². The van der Waals surface area contributed by atoms with E-state index < -0.39 is 10.1 Å². The molecule has 0 aromatic heterocycles. The van der Waals surface area contributed by atoms with Gasteiger partial charge in [-0.1, -0.05) is 115 Å². The van der Waals surface area contributed by atoms with Crippen LogP contribution in [0, 0.1) is 0 Å². The van der Waals surface area contributed by atoms with Crippen LogP contribution < -0.4 is 0 Å².